The van der Waals surface area contributed by atoms with Gasteiger partial charge in [0, 0.05) is 24.1 Å². The summed E-state index contributed by atoms with van der Waals surface area (Å²) in [5, 5.41) is 0.886. The molecule has 1 unspecified atom stereocenters. The second kappa shape index (κ2) is 6.39. The normalized spacial score (nSPS) is 21.3. The minimum atomic E-state index is 0.680. The van der Waals surface area contributed by atoms with Crippen molar-refractivity contribution >= 4 is 21.7 Å². The lowest BCUT2D eigenvalue weighted by molar-refractivity contribution is 0.552. The van der Waals surface area contributed by atoms with Crippen LogP contribution in [0.1, 0.15) is 44.6 Å². The second-order valence-electron chi connectivity index (χ2n) is 4.76. The zero-order valence-corrected chi connectivity index (χ0v) is 12.1. The summed E-state index contributed by atoms with van der Waals surface area (Å²) in [5.41, 5.74) is 1.25. The third-order valence-electron chi connectivity index (χ3n) is 3.61. The highest BCUT2D eigenvalue weighted by Gasteiger charge is 2.20. The van der Waals surface area contributed by atoms with E-state index in [0.717, 1.165) is 11.1 Å². The zero-order valence-electron chi connectivity index (χ0n) is 10.5. The predicted octanol–water partition coefficient (Wildman–Crippen LogP) is 4.14. The first-order valence-electron chi connectivity index (χ1n) is 6.62. The monoisotopic (exact) mass is 296 g/mol. The van der Waals surface area contributed by atoms with Gasteiger partial charge in [-0.3, -0.25) is 0 Å². The van der Waals surface area contributed by atoms with Crippen LogP contribution >= 0.6 is 15.9 Å². The van der Waals surface area contributed by atoms with Gasteiger partial charge in [-0.1, -0.05) is 41.8 Å². The molecular weight excluding hydrogens is 276 g/mol. The minimum absolute atomic E-state index is 0.680. The Labute approximate surface area is 113 Å². The third kappa shape index (κ3) is 3.21. The van der Waals surface area contributed by atoms with Crippen LogP contribution in [0.3, 0.4) is 0 Å². The van der Waals surface area contributed by atoms with Gasteiger partial charge in [-0.25, -0.2) is 4.98 Å². The first-order chi connectivity index (χ1) is 8.35. The molecule has 2 rings (SSSR count). The maximum Gasteiger partial charge on any atom is 0.128 e. The van der Waals surface area contributed by atoms with Crippen LogP contribution in [-0.2, 0) is 5.33 Å². The van der Waals surface area contributed by atoms with Crippen molar-refractivity contribution in [1.29, 1.82) is 0 Å². The standard InChI is InChI=1S/C14H21BrN2/c1-2-13-6-4-3-5-9-17(13)14-8-7-12(10-15)11-16-14/h7-8,11,13H,2-6,9-10H2,1H3. The largest absolute Gasteiger partial charge is 0.354 e. The van der Waals surface area contributed by atoms with Crippen molar-refractivity contribution in [3.05, 3.63) is 23.9 Å². The molecule has 0 bridgehead atoms. The fourth-order valence-electron chi connectivity index (χ4n) is 2.57. The second-order valence-corrected chi connectivity index (χ2v) is 5.32. The molecule has 0 spiro atoms. The van der Waals surface area contributed by atoms with Gasteiger partial charge in [0.05, 0.1) is 0 Å². The zero-order chi connectivity index (χ0) is 12.1. The summed E-state index contributed by atoms with van der Waals surface area (Å²) in [5.74, 6) is 1.16. The molecule has 2 heterocycles. The van der Waals surface area contributed by atoms with Gasteiger partial charge in [0.25, 0.3) is 0 Å². The lowest BCUT2D eigenvalue weighted by atomic mass is 10.1. The molecule has 0 amide bonds. The molecule has 3 heteroatoms. The van der Waals surface area contributed by atoms with Gasteiger partial charge in [0.1, 0.15) is 5.82 Å². The summed E-state index contributed by atoms with van der Waals surface area (Å²) in [6, 6.07) is 5.03. The number of aromatic nitrogens is 1. The number of hydrogen-bond donors (Lipinski definition) is 0. The van der Waals surface area contributed by atoms with E-state index in [-0.39, 0.29) is 0 Å². The van der Waals surface area contributed by atoms with E-state index >= 15 is 0 Å². The van der Waals surface area contributed by atoms with E-state index in [2.05, 4.69) is 44.9 Å². The highest BCUT2D eigenvalue weighted by Crippen LogP contribution is 2.24. The van der Waals surface area contributed by atoms with Crippen LogP contribution < -0.4 is 4.90 Å². The molecule has 2 nitrogen and oxygen atoms in total. The molecule has 1 saturated heterocycles. The predicted molar refractivity (Wildman–Crippen MR) is 76.8 cm³/mol. The molecular formula is C14H21BrN2. The summed E-state index contributed by atoms with van der Waals surface area (Å²) in [7, 11) is 0. The minimum Gasteiger partial charge on any atom is -0.354 e. The van der Waals surface area contributed by atoms with E-state index < -0.39 is 0 Å². The third-order valence-corrected chi connectivity index (χ3v) is 4.25. The molecule has 1 aromatic heterocycles. The molecule has 1 aromatic rings. The molecule has 94 valence electrons. The van der Waals surface area contributed by atoms with E-state index in [1.165, 1.54) is 44.2 Å². The van der Waals surface area contributed by atoms with Gasteiger partial charge in [-0.15, -0.1) is 0 Å². The number of rotatable bonds is 3. The van der Waals surface area contributed by atoms with Crippen molar-refractivity contribution < 1.29 is 0 Å². The number of anilines is 1. The number of halogens is 1. The number of alkyl halides is 1. The van der Waals surface area contributed by atoms with Crippen molar-refractivity contribution in [2.75, 3.05) is 11.4 Å². The Bertz CT molecular complexity index is 337. The molecule has 1 aliphatic rings. The fourth-order valence-corrected chi connectivity index (χ4v) is 2.90. The molecule has 0 N–H and O–H groups in total. The lowest BCUT2D eigenvalue weighted by Crippen LogP contribution is -2.34. The van der Waals surface area contributed by atoms with Gasteiger partial charge < -0.3 is 4.90 Å². The topological polar surface area (TPSA) is 16.1 Å². The van der Waals surface area contributed by atoms with E-state index in [1.54, 1.807) is 0 Å². The van der Waals surface area contributed by atoms with Gasteiger partial charge in [-0.05, 0) is 30.9 Å². The van der Waals surface area contributed by atoms with E-state index in [9.17, 15) is 0 Å². The first-order valence-corrected chi connectivity index (χ1v) is 7.75. The van der Waals surface area contributed by atoms with Crippen LogP contribution in [0.15, 0.2) is 18.3 Å². The Kier molecular flexibility index (Phi) is 4.84. The Morgan fingerprint density at radius 1 is 1.35 bits per heavy atom. The van der Waals surface area contributed by atoms with Crippen LogP contribution in [0.2, 0.25) is 0 Å². The van der Waals surface area contributed by atoms with Crippen LogP contribution in [0, 0.1) is 0 Å². The molecule has 0 aromatic carbocycles. The fraction of sp³-hybridized carbons (Fsp3) is 0.643. The van der Waals surface area contributed by atoms with Gasteiger partial charge in [0.15, 0.2) is 0 Å². The van der Waals surface area contributed by atoms with E-state index in [0.29, 0.717) is 6.04 Å². The summed E-state index contributed by atoms with van der Waals surface area (Å²) in [6.45, 7) is 3.45. The number of hydrogen-bond acceptors (Lipinski definition) is 2. The van der Waals surface area contributed by atoms with Crippen LogP contribution in [0.4, 0.5) is 5.82 Å². The summed E-state index contributed by atoms with van der Waals surface area (Å²) < 4.78 is 0. The SMILES string of the molecule is CCC1CCCCCN1c1ccc(CBr)cn1. The Morgan fingerprint density at radius 3 is 2.88 bits per heavy atom. The first kappa shape index (κ1) is 12.9. The van der Waals surface area contributed by atoms with Gasteiger partial charge in [-0.2, -0.15) is 0 Å². The Balaban J connectivity index is 2.16. The highest BCUT2D eigenvalue weighted by atomic mass is 79.9. The molecule has 1 atom stereocenters. The molecule has 0 aliphatic carbocycles. The van der Waals surface area contributed by atoms with Crippen LogP contribution in [0.5, 0.6) is 0 Å². The molecule has 17 heavy (non-hydrogen) atoms. The Hall–Kier alpha value is -0.570. The smallest absolute Gasteiger partial charge is 0.128 e. The van der Waals surface area contributed by atoms with Crippen molar-refractivity contribution in [3.8, 4) is 0 Å². The van der Waals surface area contributed by atoms with Crippen molar-refractivity contribution in [1.82, 2.24) is 4.98 Å². The van der Waals surface area contributed by atoms with Gasteiger partial charge in [0.2, 0.25) is 0 Å². The highest BCUT2D eigenvalue weighted by molar-refractivity contribution is 9.08. The summed E-state index contributed by atoms with van der Waals surface area (Å²) in [4.78, 5) is 7.11. The van der Waals surface area contributed by atoms with E-state index in [4.69, 9.17) is 0 Å². The molecule has 1 fully saturated rings. The van der Waals surface area contributed by atoms with Crippen molar-refractivity contribution in [2.24, 2.45) is 0 Å². The molecule has 0 radical (unpaired) electrons. The molecule has 0 saturated carbocycles. The van der Waals surface area contributed by atoms with Gasteiger partial charge >= 0.3 is 0 Å². The maximum absolute atomic E-state index is 4.61. The van der Waals surface area contributed by atoms with E-state index in [1.807, 2.05) is 6.20 Å². The summed E-state index contributed by atoms with van der Waals surface area (Å²) >= 11 is 3.46. The quantitative estimate of drug-likeness (QED) is 0.780. The maximum atomic E-state index is 4.61. The average Bonchev–Trinajstić information content (AvgIpc) is 2.64. The average molecular weight is 297 g/mol. The summed E-state index contributed by atoms with van der Waals surface area (Å²) in [6.07, 6.45) is 8.57. The molecule has 1 aliphatic heterocycles. The number of pyridine rings is 1. The lowest BCUT2D eigenvalue weighted by Gasteiger charge is -2.30. The van der Waals surface area contributed by atoms with Crippen molar-refractivity contribution in [2.45, 2.75) is 50.4 Å². The van der Waals surface area contributed by atoms with Crippen LogP contribution in [0.25, 0.3) is 0 Å². The Morgan fingerprint density at radius 2 is 2.24 bits per heavy atom. The van der Waals surface area contributed by atoms with Crippen molar-refractivity contribution in [3.63, 3.8) is 0 Å². The van der Waals surface area contributed by atoms with Crippen LogP contribution in [-0.4, -0.2) is 17.6 Å². The number of nitrogens with zero attached hydrogens (tertiary/aromatic N) is 2.